The average Bonchev–Trinajstić information content (AvgIpc) is 3.02. The monoisotopic (exact) mass is 756 g/mol. The number of phenols is 2. The van der Waals surface area contributed by atoms with Crippen LogP contribution in [0.15, 0.2) is 61.9 Å². The zero-order valence-corrected chi connectivity index (χ0v) is 35.3. The first-order valence-electron chi connectivity index (χ1n) is 19.3. The maximum absolute atomic E-state index is 15.3. The fraction of sp³-hybridized carbons (Fsp3) is 0.543. The number of rotatable bonds is 11. The summed E-state index contributed by atoms with van der Waals surface area (Å²) in [5, 5.41) is 21.4. The summed E-state index contributed by atoms with van der Waals surface area (Å²) in [7, 11) is 0. The summed E-state index contributed by atoms with van der Waals surface area (Å²) >= 11 is 0. The van der Waals surface area contributed by atoms with E-state index in [1.165, 1.54) is 6.08 Å². The number of carbonyl (C=O) groups is 3. The van der Waals surface area contributed by atoms with E-state index >= 15 is 9.59 Å². The van der Waals surface area contributed by atoms with Crippen LogP contribution in [0, 0.1) is 33.1 Å². The molecule has 2 aliphatic rings. The molecule has 0 saturated carbocycles. The number of aryl methyl sites for hydroxylation is 4. The Labute approximate surface area is 329 Å². The van der Waals surface area contributed by atoms with Gasteiger partial charge >= 0.3 is 11.9 Å². The number of likely N-dealkylation sites (tertiary alicyclic amines) is 2. The van der Waals surface area contributed by atoms with Crippen molar-refractivity contribution in [2.24, 2.45) is 5.41 Å². The summed E-state index contributed by atoms with van der Waals surface area (Å²) in [6.07, 6.45) is 3.38. The van der Waals surface area contributed by atoms with E-state index in [0.29, 0.717) is 59.1 Å². The predicted octanol–water partition coefficient (Wildman–Crippen LogP) is 8.64. The van der Waals surface area contributed by atoms with Crippen LogP contribution in [0.1, 0.15) is 114 Å². The van der Waals surface area contributed by atoms with Crippen LogP contribution >= 0.6 is 0 Å². The van der Waals surface area contributed by atoms with Crippen LogP contribution in [0.5, 0.6) is 11.5 Å². The highest BCUT2D eigenvalue weighted by atomic mass is 16.6. The quantitative estimate of drug-likeness (QED) is 0.101. The van der Waals surface area contributed by atoms with Crippen molar-refractivity contribution >= 4 is 17.8 Å². The van der Waals surface area contributed by atoms with Gasteiger partial charge < -0.3 is 29.5 Å². The number of esters is 2. The molecule has 2 aromatic rings. The number of hydrogen-bond donors (Lipinski definition) is 2. The van der Waals surface area contributed by atoms with Crippen molar-refractivity contribution in [3.8, 4) is 11.5 Å². The number of carbonyl (C=O) groups excluding carboxylic acids is 3. The number of amides is 1. The highest BCUT2D eigenvalue weighted by Gasteiger charge is 2.55. The van der Waals surface area contributed by atoms with E-state index in [1.54, 1.807) is 62.9 Å². The van der Waals surface area contributed by atoms with Gasteiger partial charge in [0.2, 0.25) is 5.91 Å². The Morgan fingerprint density at radius 2 is 0.964 bits per heavy atom. The van der Waals surface area contributed by atoms with Gasteiger partial charge in [0.05, 0.1) is 0 Å². The number of hydrogen-bond acceptors (Lipinski definition) is 8. The third kappa shape index (κ3) is 8.66. The van der Waals surface area contributed by atoms with Crippen LogP contribution in [-0.4, -0.2) is 72.2 Å². The first-order valence-corrected chi connectivity index (χ1v) is 19.3. The molecule has 2 heterocycles. The highest BCUT2D eigenvalue weighted by molar-refractivity contribution is 6.01. The smallest absolute Gasteiger partial charge is 0.324 e. The van der Waals surface area contributed by atoms with E-state index in [0.717, 1.165) is 5.70 Å². The van der Waals surface area contributed by atoms with Gasteiger partial charge in [0, 0.05) is 53.5 Å². The lowest BCUT2D eigenvalue weighted by Crippen LogP contribution is -2.64. The van der Waals surface area contributed by atoms with Crippen LogP contribution in [0.3, 0.4) is 0 Å². The first kappa shape index (κ1) is 43.2. The minimum atomic E-state index is -1.87. The van der Waals surface area contributed by atoms with E-state index in [4.69, 9.17) is 9.47 Å². The fourth-order valence-corrected chi connectivity index (χ4v) is 10.1. The molecule has 0 unspecified atom stereocenters. The molecular formula is C46H64N2O7. The summed E-state index contributed by atoms with van der Waals surface area (Å²) in [5.41, 5.74) is 0.368. The molecule has 0 atom stereocenters. The topological polar surface area (TPSA) is 117 Å². The molecule has 9 nitrogen and oxygen atoms in total. The second-order valence-electron chi connectivity index (χ2n) is 18.6. The van der Waals surface area contributed by atoms with E-state index in [2.05, 4.69) is 52.3 Å². The number of nitrogens with zero attached hydrogens (tertiary/aromatic N) is 2. The van der Waals surface area contributed by atoms with Crippen molar-refractivity contribution in [3.05, 3.63) is 95.2 Å². The lowest BCUT2D eigenvalue weighted by Gasteiger charge is -2.56. The lowest BCUT2D eigenvalue weighted by atomic mass is 9.74. The molecule has 0 radical (unpaired) electrons. The molecule has 2 saturated heterocycles. The largest absolute Gasteiger partial charge is 0.507 e. The molecule has 2 fully saturated rings. The highest BCUT2D eigenvalue weighted by Crippen LogP contribution is 2.45. The van der Waals surface area contributed by atoms with Gasteiger partial charge in [0.15, 0.2) is 5.41 Å². The second kappa shape index (κ2) is 15.2. The molecule has 2 aliphatic heterocycles. The number of piperidine rings is 2. The van der Waals surface area contributed by atoms with Crippen LogP contribution in [0.25, 0.3) is 0 Å². The van der Waals surface area contributed by atoms with Crippen molar-refractivity contribution in [1.29, 1.82) is 0 Å². The van der Waals surface area contributed by atoms with Crippen molar-refractivity contribution in [3.63, 3.8) is 0 Å². The molecule has 55 heavy (non-hydrogen) atoms. The first-order chi connectivity index (χ1) is 25.2. The minimum absolute atomic E-state index is 0.0644. The average molecular weight is 757 g/mol. The van der Waals surface area contributed by atoms with Crippen molar-refractivity contribution in [2.75, 3.05) is 0 Å². The van der Waals surface area contributed by atoms with E-state index < -0.39 is 51.7 Å². The van der Waals surface area contributed by atoms with Gasteiger partial charge in [0.25, 0.3) is 0 Å². The van der Waals surface area contributed by atoms with Crippen LogP contribution in [0.2, 0.25) is 0 Å². The number of allylic oxidation sites excluding steroid dienone is 1. The van der Waals surface area contributed by atoms with Gasteiger partial charge in [-0.05, 0) is 141 Å². The molecule has 300 valence electrons. The van der Waals surface area contributed by atoms with Crippen molar-refractivity contribution < 1.29 is 34.1 Å². The Morgan fingerprint density at radius 3 is 1.25 bits per heavy atom. The lowest BCUT2D eigenvalue weighted by molar-refractivity contribution is -0.188. The fourth-order valence-electron chi connectivity index (χ4n) is 10.1. The molecule has 4 rings (SSSR count). The Hall–Kier alpha value is -4.53. The third-order valence-electron chi connectivity index (χ3n) is 11.7. The summed E-state index contributed by atoms with van der Waals surface area (Å²) in [4.78, 5) is 47.7. The molecule has 0 bridgehead atoms. The second-order valence-corrected chi connectivity index (χ2v) is 18.6. The van der Waals surface area contributed by atoms with E-state index in [-0.39, 0.29) is 30.2 Å². The van der Waals surface area contributed by atoms with Crippen LogP contribution in [0.4, 0.5) is 0 Å². The molecule has 1 amide bonds. The molecule has 2 aromatic carbocycles. The van der Waals surface area contributed by atoms with E-state index in [1.807, 2.05) is 27.7 Å². The number of aromatic hydroxyl groups is 2. The third-order valence-corrected chi connectivity index (χ3v) is 11.7. The summed E-state index contributed by atoms with van der Waals surface area (Å²) < 4.78 is 13.1. The van der Waals surface area contributed by atoms with E-state index in [9.17, 15) is 15.0 Å². The number of phenolic OH excluding ortho intramolecular Hbond substituents is 2. The zero-order valence-electron chi connectivity index (χ0n) is 35.3. The number of ether oxygens (including phenoxy) is 2. The van der Waals surface area contributed by atoms with Gasteiger partial charge in [-0.3, -0.25) is 14.4 Å². The Kier molecular flexibility index (Phi) is 11.9. The maximum Gasteiger partial charge on any atom is 0.324 e. The van der Waals surface area contributed by atoms with Gasteiger partial charge in [0.1, 0.15) is 23.7 Å². The number of benzene rings is 2. The van der Waals surface area contributed by atoms with Gasteiger partial charge in [-0.25, -0.2) is 0 Å². The maximum atomic E-state index is 15.3. The van der Waals surface area contributed by atoms with Gasteiger partial charge in [-0.1, -0.05) is 44.0 Å². The minimum Gasteiger partial charge on any atom is -0.507 e. The van der Waals surface area contributed by atoms with Gasteiger partial charge in [-0.15, -0.1) is 0 Å². The van der Waals surface area contributed by atoms with Crippen LogP contribution < -0.4 is 0 Å². The zero-order chi connectivity index (χ0) is 41.6. The Balaban J connectivity index is 1.88. The van der Waals surface area contributed by atoms with Crippen molar-refractivity contribution in [2.45, 2.75) is 156 Å². The van der Waals surface area contributed by atoms with Crippen molar-refractivity contribution in [1.82, 2.24) is 9.80 Å². The molecule has 0 spiro atoms. The van der Waals surface area contributed by atoms with Gasteiger partial charge in [-0.2, -0.15) is 0 Å². The molecule has 9 heteroatoms. The molecular weight excluding hydrogens is 693 g/mol. The SMILES string of the molecule is C=CC(=C)N1C(C)(C)CC(OC(=O)C(Cc2cc(C)c(O)c(C)c2)(Cc2cc(C)c(O)c(C)c2)C(=O)OC2CC(C)(C)N(C(=O)C=C)C(C)(C)C2)CC1(C)C. The predicted molar refractivity (Wildman–Crippen MR) is 218 cm³/mol. The van der Waals surface area contributed by atoms with Crippen LogP contribution in [-0.2, 0) is 36.7 Å². The molecule has 2 N–H and O–H groups in total. The molecule has 0 aliphatic carbocycles. The standard InChI is InChI=1S/C46H64N2O7/c1-16-32(7)47-42(8,9)24-35(25-43(47,10)11)54-40(52)46(22-33-18-28(3)38(50)29(4)19-33,23-34-20-30(5)39(51)31(6)21-34)41(53)55-36-26-44(12,13)48(37(49)17-2)45(14,15)27-36/h16-21,35-36,50-51H,1-2,7,22-27H2,3-6,8-15H3. The summed E-state index contributed by atoms with van der Waals surface area (Å²) in [6.45, 7) is 35.2. The summed E-state index contributed by atoms with van der Waals surface area (Å²) in [6, 6.07) is 7.18. The Bertz CT molecular complexity index is 1670. The Morgan fingerprint density at radius 1 is 0.655 bits per heavy atom. The normalized spacial score (nSPS) is 19.3. The molecule has 0 aromatic heterocycles. The summed E-state index contributed by atoms with van der Waals surface area (Å²) in [5.74, 6) is -1.34.